The summed E-state index contributed by atoms with van der Waals surface area (Å²) in [6.45, 7) is 5.73. The number of ether oxygens (including phenoxy) is 3. The van der Waals surface area contributed by atoms with Crippen molar-refractivity contribution in [3.05, 3.63) is 52.9 Å². The summed E-state index contributed by atoms with van der Waals surface area (Å²) in [4.78, 5) is 27.0. The second-order valence-electron chi connectivity index (χ2n) is 9.07. The fourth-order valence-electron chi connectivity index (χ4n) is 3.81. The number of rotatable bonds is 7. The van der Waals surface area contributed by atoms with Crippen molar-refractivity contribution < 1.29 is 33.3 Å². The summed E-state index contributed by atoms with van der Waals surface area (Å²) < 4.78 is 30.2. The number of hydrogen-bond acceptors (Lipinski definition) is 9. The Morgan fingerprint density at radius 1 is 1.23 bits per heavy atom. The van der Waals surface area contributed by atoms with Crippen LogP contribution >= 0.6 is 0 Å². The van der Waals surface area contributed by atoms with Crippen LogP contribution in [0.1, 0.15) is 47.8 Å². The van der Waals surface area contributed by atoms with Gasteiger partial charge in [-0.05, 0) is 44.5 Å². The van der Waals surface area contributed by atoms with E-state index in [1.54, 1.807) is 32.9 Å². The van der Waals surface area contributed by atoms with E-state index in [0.29, 0.717) is 29.2 Å². The zero-order valence-corrected chi connectivity index (χ0v) is 20.1. The highest BCUT2D eigenvalue weighted by atomic mass is 19.1. The van der Waals surface area contributed by atoms with Crippen LogP contribution in [0.3, 0.4) is 0 Å². The van der Waals surface area contributed by atoms with Gasteiger partial charge in [0.2, 0.25) is 0 Å². The molecule has 1 aromatic heterocycles. The van der Waals surface area contributed by atoms with Gasteiger partial charge >= 0.3 is 0 Å². The minimum absolute atomic E-state index is 0.105. The van der Waals surface area contributed by atoms with E-state index in [9.17, 15) is 14.3 Å². The fourth-order valence-corrected chi connectivity index (χ4v) is 3.81. The van der Waals surface area contributed by atoms with Gasteiger partial charge in [-0.25, -0.2) is 14.4 Å². The quantitative estimate of drug-likeness (QED) is 0.606. The van der Waals surface area contributed by atoms with Crippen molar-refractivity contribution >= 4 is 11.6 Å². The lowest BCUT2D eigenvalue weighted by Gasteiger charge is -2.37. The summed E-state index contributed by atoms with van der Waals surface area (Å²) in [5, 5.41) is 17.0. The van der Waals surface area contributed by atoms with Gasteiger partial charge in [0.05, 0.1) is 31.6 Å². The van der Waals surface area contributed by atoms with Crippen LogP contribution in [-0.4, -0.2) is 70.9 Å². The van der Waals surface area contributed by atoms with Crippen molar-refractivity contribution in [3.8, 4) is 5.75 Å². The number of nitrogens with zero attached hydrogens (tertiary/aromatic N) is 3. The van der Waals surface area contributed by atoms with E-state index in [1.807, 2.05) is 0 Å². The van der Waals surface area contributed by atoms with Gasteiger partial charge in [-0.15, -0.1) is 0 Å². The van der Waals surface area contributed by atoms with Crippen LogP contribution in [0.4, 0.5) is 4.39 Å². The average Bonchev–Trinajstić information content (AvgIpc) is 3.33. The zero-order chi connectivity index (χ0) is 25.2. The molecule has 0 aliphatic carbocycles. The molecular formula is C24H29FN4O6. The van der Waals surface area contributed by atoms with Crippen LogP contribution in [0.5, 0.6) is 5.75 Å². The lowest BCUT2D eigenvalue weighted by atomic mass is 10.0. The van der Waals surface area contributed by atoms with Crippen LogP contribution in [0.15, 0.2) is 29.4 Å². The third-order valence-electron chi connectivity index (χ3n) is 5.85. The molecule has 11 heteroatoms. The van der Waals surface area contributed by atoms with Crippen LogP contribution in [0.25, 0.3) is 0 Å². The molecule has 1 saturated heterocycles. The summed E-state index contributed by atoms with van der Waals surface area (Å²) in [5.74, 6) is -0.363. The summed E-state index contributed by atoms with van der Waals surface area (Å²) >= 11 is 0. The Balaban J connectivity index is 1.37. The summed E-state index contributed by atoms with van der Waals surface area (Å²) in [7, 11) is 1.38. The first-order valence-corrected chi connectivity index (χ1v) is 11.3. The Bertz CT molecular complexity index is 1110. The molecule has 10 nitrogen and oxygen atoms in total. The number of benzene rings is 1. The standard InChI is InChI=1S/C24H29FN4O6/c1-13-27-16(17-9-20(35-29-17)21-11-34-22(12-33-21)24(2,3)31)8-18(28-13)23(30)26-10-14-5-6-15(25)19(7-14)32-4/h5-8,20-22,31H,9-12H2,1-4H3,(H,26,30)/t20-,21+,22-/m0/s1. The number of oxime groups is 1. The number of carbonyl (C=O) groups is 1. The molecule has 3 atom stereocenters. The number of methoxy groups -OCH3 is 1. The van der Waals surface area contributed by atoms with Gasteiger partial charge in [0.15, 0.2) is 17.7 Å². The van der Waals surface area contributed by atoms with Gasteiger partial charge in [-0.2, -0.15) is 0 Å². The van der Waals surface area contributed by atoms with Crippen molar-refractivity contribution in [2.75, 3.05) is 20.3 Å². The predicted molar refractivity (Wildman–Crippen MR) is 123 cm³/mol. The summed E-state index contributed by atoms with van der Waals surface area (Å²) in [5.41, 5.74) is 0.922. The molecule has 2 aliphatic heterocycles. The normalized spacial score (nSPS) is 22.3. The molecule has 1 amide bonds. The molecular weight excluding hydrogens is 459 g/mol. The van der Waals surface area contributed by atoms with Gasteiger partial charge in [-0.1, -0.05) is 11.2 Å². The van der Waals surface area contributed by atoms with Gasteiger partial charge < -0.3 is 29.5 Å². The first-order chi connectivity index (χ1) is 16.6. The SMILES string of the molecule is COc1cc(CNC(=O)c2cc(C3=NO[C@H]([C@H]4CO[C@H](C(C)(C)O)CO4)C3)nc(C)n2)ccc1F. The van der Waals surface area contributed by atoms with Crippen LogP contribution < -0.4 is 10.1 Å². The predicted octanol–water partition coefficient (Wildman–Crippen LogP) is 1.91. The molecule has 188 valence electrons. The molecule has 0 bridgehead atoms. The van der Waals surface area contributed by atoms with Crippen molar-refractivity contribution in [2.45, 2.75) is 57.6 Å². The topological polar surface area (TPSA) is 124 Å². The average molecular weight is 489 g/mol. The number of nitrogens with one attached hydrogen (secondary N) is 1. The molecule has 35 heavy (non-hydrogen) atoms. The Hall–Kier alpha value is -3.15. The highest BCUT2D eigenvalue weighted by Gasteiger charge is 2.39. The summed E-state index contributed by atoms with van der Waals surface area (Å²) in [6, 6.07) is 5.94. The van der Waals surface area contributed by atoms with Crippen LogP contribution in [0, 0.1) is 12.7 Å². The molecule has 3 heterocycles. The molecule has 0 unspecified atom stereocenters. The van der Waals surface area contributed by atoms with E-state index in [2.05, 4.69) is 20.4 Å². The fraction of sp³-hybridized carbons (Fsp3) is 0.500. The molecule has 0 saturated carbocycles. The van der Waals surface area contributed by atoms with Gasteiger partial charge in [0.25, 0.3) is 5.91 Å². The first kappa shape index (κ1) is 25.0. The summed E-state index contributed by atoms with van der Waals surface area (Å²) in [6.07, 6.45) is -0.696. The number of amides is 1. The number of halogens is 1. The molecule has 2 aliphatic rings. The lowest BCUT2D eigenvalue weighted by Crippen LogP contribution is -2.50. The highest BCUT2D eigenvalue weighted by Crippen LogP contribution is 2.26. The number of hydrogen-bond donors (Lipinski definition) is 2. The van der Waals surface area contributed by atoms with Gasteiger partial charge in [0, 0.05) is 13.0 Å². The minimum atomic E-state index is -0.999. The Kier molecular flexibility index (Phi) is 7.29. The van der Waals surface area contributed by atoms with E-state index in [4.69, 9.17) is 19.0 Å². The number of aryl methyl sites for hydroxylation is 1. The van der Waals surface area contributed by atoms with Crippen molar-refractivity contribution in [2.24, 2.45) is 5.16 Å². The Morgan fingerprint density at radius 3 is 2.71 bits per heavy atom. The minimum Gasteiger partial charge on any atom is -0.494 e. The smallest absolute Gasteiger partial charge is 0.270 e. The number of aliphatic hydroxyl groups is 1. The Morgan fingerprint density at radius 2 is 2.03 bits per heavy atom. The molecule has 0 radical (unpaired) electrons. The molecule has 1 aromatic carbocycles. The van der Waals surface area contributed by atoms with Gasteiger partial charge in [-0.3, -0.25) is 4.79 Å². The second-order valence-corrected chi connectivity index (χ2v) is 9.07. The second kappa shape index (κ2) is 10.2. The van der Waals surface area contributed by atoms with Crippen LogP contribution in [-0.2, 0) is 20.9 Å². The number of aromatic nitrogens is 2. The van der Waals surface area contributed by atoms with Crippen molar-refractivity contribution in [3.63, 3.8) is 0 Å². The molecule has 4 rings (SSSR count). The van der Waals surface area contributed by atoms with Crippen molar-refractivity contribution in [1.82, 2.24) is 15.3 Å². The maximum absolute atomic E-state index is 13.6. The molecule has 1 fully saturated rings. The zero-order valence-electron chi connectivity index (χ0n) is 20.1. The number of carbonyl (C=O) groups excluding carboxylic acids is 1. The first-order valence-electron chi connectivity index (χ1n) is 11.3. The van der Waals surface area contributed by atoms with Crippen molar-refractivity contribution in [1.29, 1.82) is 0 Å². The Labute approximate surface area is 202 Å². The third-order valence-corrected chi connectivity index (χ3v) is 5.85. The molecule has 2 N–H and O–H groups in total. The molecule has 0 spiro atoms. The van der Waals surface area contributed by atoms with E-state index in [0.717, 1.165) is 0 Å². The monoisotopic (exact) mass is 488 g/mol. The third kappa shape index (κ3) is 5.92. The van der Waals surface area contributed by atoms with E-state index in [1.165, 1.54) is 19.2 Å². The lowest BCUT2D eigenvalue weighted by molar-refractivity contribution is -0.211. The molecule has 2 aromatic rings. The van der Waals surface area contributed by atoms with E-state index >= 15 is 0 Å². The van der Waals surface area contributed by atoms with E-state index < -0.39 is 23.4 Å². The maximum atomic E-state index is 13.6. The highest BCUT2D eigenvalue weighted by molar-refractivity contribution is 6.02. The van der Waals surface area contributed by atoms with Crippen LogP contribution in [0.2, 0.25) is 0 Å². The van der Waals surface area contributed by atoms with E-state index in [-0.39, 0.29) is 43.4 Å². The maximum Gasteiger partial charge on any atom is 0.270 e. The largest absolute Gasteiger partial charge is 0.494 e. The van der Waals surface area contributed by atoms with Gasteiger partial charge in [0.1, 0.15) is 29.4 Å².